The second-order valence-electron chi connectivity index (χ2n) is 6.98. The summed E-state index contributed by atoms with van der Waals surface area (Å²) in [7, 11) is 0. The summed E-state index contributed by atoms with van der Waals surface area (Å²) in [5, 5.41) is 8.46. The molecule has 1 amide bonds. The van der Waals surface area contributed by atoms with Gasteiger partial charge < -0.3 is 9.47 Å². The van der Waals surface area contributed by atoms with Gasteiger partial charge in [-0.2, -0.15) is 5.48 Å². The number of thioether (sulfide) groups is 1. The third kappa shape index (κ3) is 5.64. The summed E-state index contributed by atoms with van der Waals surface area (Å²) >= 11 is 1.42. The number of carbonyl (C=O) groups excluding carboxylic acids is 1. The largest absolute Gasteiger partial charge is 0.487 e. The predicted octanol–water partition coefficient (Wildman–Crippen LogP) is 3.91. The van der Waals surface area contributed by atoms with E-state index in [2.05, 4.69) is 5.48 Å². The first-order valence-corrected chi connectivity index (χ1v) is 9.49. The summed E-state index contributed by atoms with van der Waals surface area (Å²) in [6.07, 6.45) is 2.43. The number of nitrogens with one attached hydrogen (secondary N) is 2. The zero-order chi connectivity index (χ0) is 18.6. The molecule has 1 aliphatic rings. The highest BCUT2D eigenvalue weighted by atomic mass is 32.2. The van der Waals surface area contributed by atoms with Crippen LogP contribution in [0.3, 0.4) is 0 Å². The maximum Gasteiger partial charge on any atom is 0.431 e. The van der Waals surface area contributed by atoms with E-state index in [-0.39, 0.29) is 12.2 Å². The zero-order valence-corrected chi connectivity index (χ0v) is 16.2. The molecule has 0 radical (unpaired) electrons. The van der Waals surface area contributed by atoms with Crippen LogP contribution < -0.4 is 10.2 Å². The summed E-state index contributed by atoms with van der Waals surface area (Å²) in [5.74, 6) is 0.807. The Labute approximate surface area is 153 Å². The Morgan fingerprint density at radius 1 is 1.44 bits per heavy atom. The van der Waals surface area contributed by atoms with Crippen molar-refractivity contribution in [1.29, 1.82) is 5.41 Å². The molecular formula is C18H26N2O4S. The molecule has 0 unspecified atom stereocenters. The highest BCUT2D eigenvalue weighted by molar-refractivity contribution is 8.13. The maximum absolute atomic E-state index is 11.7. The fourth-order valence-corrected chi connectivity index (χ4v) is 2.88. The molecule has 1 heterocycles. The van der Waals surface area contributed by atoms with E-state index in [0.717, 1.165) is 29.7 Å². The van der Waals surface area contributed by atoms with Crippen LogP contribution in [0.25, 0.3) is 0 Å². The fraction of sp³-hybridized carbons (Fsp3) is 0.556. The van der Waals surface area contributed by atoms with Gasteiger partial charge in [-0.15, -0.1) is 11.8 Å². The Kier molecular flexibility index (Phi) is 6.35. The molecule has 0 bridgehead atoms. The Hall–Kier alpha value is -1.73. The molecule has 2 rings (SSSR count). The van der Waals surface area contributed by atoms with E-state index in [1.165, 1.54) is 11.8 Å². The third-order valence-corrected chi connectivity index (χ3v) is 4.40. The zero-order valence-electron chi connectivity index (χ0n) is 15.3. The molecule has 138 valence electrons. The highest BCUT2D eigenvalue weighted by Crippen LogP contribution is 2.30. The number of aryl methyl sites for hydroxylation is 1. The van der Waals surface area contributed by atoms with Crippen molar-refractivity contribution >= 4 is 22.9 Å². The molecule has 2 atom stereocenters. The molecule has 0 saturated heterocycles. The molecule has 25 heavy (non-hydrogen) atoms. The highest BCUT2D eigenvalue weighted by Gasteiger charge is 2.27. The van der Waals surface area contributed by atoms with E-state index in [0.29, 0.717) is 5.04 Å². The fourth-order valence-electron chi connectivity index (χ4n) is 2.52. The summed E-state index contributed by atoms with van der Waals surface area (Å²) < 4.78 is 11.1. The van der Waals surface area contributed by atoms with Gasteiger partial charge in [0.15, 0.2) is 0 Å². The molecule has 1 aliphatic heterocycles. The van der Waals surface area contributed by atoms with Crippen LogP contribution in [0.2, 0.25) is 0 Å². The lowest BCUT2D eigenvalue weighted by molar-refractivity contribution is -0.0775. The van der Waals surface area contributed by atoms with E-state index in [9.17, 15) is 4.79 Å². The average molecular weight is 366 g/mol. The van der Waals surface area contributed by atoms with Gasteiger partial charge in [0, 0.05) is 5.56 Å². The van der Waals surface area contributed by atoms with Gasteiger partial charge in [-0.25, -0.2) is 4.79 Å². The topological polar surface area (TPSA) is 80.6 Å². The Bertz CT molecular complexity index is 642. The number of carbonyl (C=O) groups is 1. The van der Waals surface area contributed by atoms with Gasteiger partial charge in [-0.1, -0.05) is 0 Å². The monoisotopic (exact) mass is 366 g/mol. The smallest absolute Gasteiger partial charge is 0.431 e. The summed E-state index contributed by atoms with van der Waals surface area (Å²) in [4.78, 5) is 17.0. The number of hydroxylamine groups is 1. The summed E-state index contributed by atoms with van der Waals surface area (Å²) in [6, 6.07) is 5.80. The van der Waals surface area contributed by atoms with Crippen molar-refractivity contribution in [3.8, 4) is 5.75 Å². The van der Waals surface area contributed by atoms with Crippen molar-refractivity contribution in [2.75, 3.05) is 6.26 Å². The Morgan fingerprint density at radius 3 is 2.80 bits per heavy atom. The van der Waals surface area contributed by atoms with Crippen LogP contribution in [0.1, 0.15) is 45.2 Å². The summed E-state index contributed by atoms with van der Waals surface area (Å²) in [6.45, 7) is 7.23. The van der Waals surface area contributed by atoms with Crippen LogP contribution in [-0.2, 0) is 16.0 Å². The van der Waals surface area contributed by atoms with Crippen molar-refractivity contribution in [3.05, 3.63) is 29.3 Å². The maximum atomic E-state index is 11.7. The van der Waals surface area contributed by atoms with Crippen LogP contribution in [0.4, 0.5) is 4.79 Å². The lowest BCUT2D eigenvalue weighted by atomic mass is 9.98. The first-order chi connectivity index (χ1) is 11.7. The Morgan fingerprint density at radius 2 is 2.16 bits per heavy atom. The molecule has 6 nitrogen and oxygen atoms in total. The molecule has 0 saturated carbocycles. The van der Waals surface area contributed by atoms with Gasteiger partial charge in [0.05, 0.1) is 5.04 Å². The molecule has 0 aromatic heterocycles. The van der Waals surface area contributed by atoms with Crippen LogP contribution in [0, 0.1) is 5.41 Å². The van der Waals surface area contributed by atoms with E-state index < -0.39 is 11.7 Å². The third-order valence-electron chi connectivity index (χ3n) is 3.75. The van der Waals surface area contributed by atoms with Gasteiger partial charge >= 0.3 is 6.09 Å². The molecule has 7 heteroatoms. The standard InChI is InChI=1S/C18H26N2O4S/c1-11(24-20-17(21)23-18(2,3)4)14-8-6-12-10-13(16(19)25-5)7-9-15(12)22-14/h7,9-11,14,19H,6,8H2,1-5H3,(H,20,21)/t11-,14+/m0/s1. The van der Waals surface area contributed by atoms with E-state index in [1.54, 1.807) is 20.8 Å². The number of rotatable bonds is 4. The lowest BCUT2D eigenvalue weighted by Crippen LogP contribution is -2.41. The number of benzene rings is 1. The minimum Gasteiger partial charge on any atom is -0.487 e. The molecule has 0 fully saturated rings. The lowest BCUT2D eigenvalue weighted by Gasteiger charge is -2.30. The van der Waals surface area contributed by atoms with Crippen molar-refractivity contribution in [3.63, 3.8) is 0 Å². The normalized spacial score (nSPS) is 17.9. The van der Waals surface area contributed by atoms with Crippen LogP contribution in [0.15, 0.2) is 18.2 Å². The van der Waals surface area contributed by atoms with Crippen LogP contribution in [0.5, 0.6) is 5.75 Å². The number of hydrogen-bond acceptors (Lipinski definition) is 6. The van der Waals surface area contributed by atoms with Crippen molar-refractivity contribution in [1.82, 2.24) is 5.48 Å². The molecule has 1 aromatic rings. The molecule has 1 aromatic carbocycles. The van der Waals surface area contributed by atoms with Crippen molar-refractivity contribution in [2.45, 2.75) is 58.3 Å². The molecular weight excluding hydrogens is 340 g/mol. The van der Waals surface area contributed by atoms with Gasteiger partial charge in [-0.05, 0) is 70.6 Å². The molecule has 0 spiro atoms. The molecule has 0 aliphatic carbocycles. The van der Waals surface area contributed by atoms with Gasteiger partial charge in [-0.3, -0.25) is 10.2 Å². The SMILES string of the molecule is CSC(=N)c1ccc2c(c1)CC[C@H]([C@H](C)ONC(=O)OC(C)(C)C)O2. The van der Waals surface area contributed by atoms with Crippen molar-refractivity contribution in [2.24, 2.45) is 0 Å². The second-order valence-corrected chi connectivity index (χ2v) is 7.79. The van der Waals surface area contributed by atoms with Crippen LogP contribution >= 0.6 is 11.8 Å². The first-order valence-electron chi connectivity index (χ1n) is 8.26. The van der Waals surface area contributed by atoms with E-state index >= 15 is 0 Å². The minimum absolute atomic E-state index is 0.159. The molecule has 2 N–H and O–H groups in total. The number of hydrogen-bond donors (Lipinski definition) is 2. The van der Waals surface area contributed by atoms with Gasteiger partial charge in [0.25, 0.3) is 0 Å². The second kappa shape index (κ2) is 8.10. The average Bonchev–Trinajstić information content (AvgIpc) is 2.56. The van der Waals surface area contributed by atoms with Gasteiger partial charge in [0.2, 0.25) is 0 Å². The predicted molar refractivity (Wildman–Crippen MR) is 99.4 cm³/mol. The van der Waals surface area contributed by atoms with E-state index in [4.69, 9.17) is 19.7 Å². The van der Waals surface area contributed by atoms with Gasteiger partial charge in [0.1, 0.15) is 23.6 Å². The Balaban J connectivity index is 1.91. The quantitative estimate of drug-likeness (QED) is 0.480. The number of ether oxygens (including phenoxy) is 2. The number of amides is 1. The van der Waals surface area contributed by atoms with E-state index in [1.807, 2.05) is 31.4 Å². The van der Waals surface area contributed by atoms with Crippen molar-refractivity contribution < 1.29 is 19.1 Å². The minimum atomic E-state index is -0.615. The number of fused-ring (bicyclic) bond motifs is 1. The van der Waals surface area contributed by atoms with Crippen LogP contribution in [-0.4, -0.2) is 35.2 Å². The first kappa shape index (κ1) is 19.6. The summed E-state index contributed by atoms with van der Waals surface area (Å²) in [5.41, 5.74) is 3.75.